The smallest absolute Gasteiger partial charge is 0.244 e. The molecule has 0 saturated carbocycles. The third-order valence-corrected chi connectivity index (χ3v) is 6.75. The summed E-state index contributed by atoms with van der Waals surface area (Å²) in [6, 6.07) is 1.96. The van der Waals surface area contributed by atoms with Crippen LogP contribution in [0.3, 0.4) is 0 Å². The van der Waals surface area contributed by atoms with Gasteiger partial charge in [-0.3, -0.25) is 0 Å². The summed E-state index contributed by atoms with van der Waals surface area (Å²) >= 11 is 1.80. The highest BCUT2D eigenvalue weighted by Crippen LogP contribution is 2.26. The Balaban J connectivity index is 2.39. The Morgan fingerprint density at radius 2 is 2.20 bits per heavy atom. The van der Waals surface area contributed by atoms with Gasteiger partial charge in [-0.2, -0.15) is 16.1 Å². The average Bonchev–Trinajstić information content (AvgIpc) is 2.84. The highest BCUT2D eigenvalue weighted by atomic mass is 32.2. The van der Waals surface area contributed by atoms with Crippen molar-refractivity contribution in [3.05, 3.63) is 18.0 Å². The molecule has 2 rings (SSSR count). The molecule has 1 fully saturated rings. The minimum absolute atomic E-state index is 0.0440. The first-order valence-corrected chi connectivity index (χ1v) is 9.47. The van der Waals surface area contributed by atoms with Crippen LogP contribution in [0.4, 0.5) is 0 Å². The SMILES string of the molecule is CC1CSCCN1S(=O)(=O)c1cc(CN)n(C(C)C)c1. The molecule has 1 unspecified atom stereocenters. The van der Waals surface area contributed by atoms with Gasteiger partial charge in [-0.1, -0.05) is 0 Å². The third kappa shape index (κ3) is 2.90. The fraction of sp³-hybridized carbons (Fsp3) is 0.692. The van der Waals surface area contributed by atoms with E-state index in [1.54, 1.807) is 28.3 Å². The summed E-state index contributed by atoms with van der Waals surface area (Å²) in [6.07, 6.45) is 1.72. The minimum Gasteiger partial charge on any atom is -0.346 e. The monoisotopic (exact) mass is 317 g/mol. The van der Waals surface area contributed by atoms with E-state index in [9.17, 15) is 8.42 Å². The van der Waals surface area contributed by atoms with Gasteiger partial charge in [-0.15, -0.1) is 0 Å². The number of aromatic nitrogens is 1. The van der Waals surface area contributed by atoms with Crippen LogP contribution in [0.2, 0.25) is 0 Å². The van der Waals surface area contributed by atoms with Gasteiger partial charge in [-0.25, -0.2) is 8.42 Å². The Labute approximate surface area is 125 Å². The average molecular weight is 317 g/mol. The fourth-order valence-electron chi connectivity index (χ4n) is 2.49. The van der Waals surface area contributed by atoms with Crippen molar-refractivity contribution in [1.29, 1.82) is 0 Å². The van der Waals surface area contributed by atoms with Crippen LogP contribution in [-0.2, 0) is 16.6 Å². The molecule has 1 atom stereocenters. The number of sulfonamides is 1. The van der Waals surface area contributed by atoms with Crippen LogP contribution in [-0.4, -0.2) is 41.4 Å². The Hall–Kier alpha value is -0.500. The topological polar surface area (TPSA) is 68.3 Å². The van der Waals surface area contributed by atoms with Gasteiger partial charge in [0.1, 0.15) is 4.90 Å². The Morgan fingerprint density at radius 1 is 1.50 bits per heavy atom. The molecule has 2 heterocycles. The van der Waals surface area contributed by atoms with Crippen molar-refractivity contribution in [2.24, 2.45) is 5.73 Å². The summed E-state index contributed by atoms with van der Waals surface area (Å²) in [4.78, 5) is 0.366. The van der Waals surface area contributed by atoms with Crippen LogP contribution in [0.25, 0.3) is 0 Å². The number of nitrogens with two attached hydrogens (primary N) is 1. The number of rotatable bonds is 4. The molecule has 2 N–H and O–H groups in total. The Morgan fingerprint density at radius 3 is 2.70 bits per heavy atom. The number of hydrogen-bond donors (Lipinski definition) is 1. The first kappa shape index (κ1) is 15.9. The molecule has 1 aromatic rings. The molecule has 1 aliphatic rings. The molecule has 0 aromatic carbocycles. The maximum absolute atomic E-state index is 12.8. The molecule has 7 heteroatoms. The molecule has 0 radical (unpaired) electrons. The lowest BCUT2D eigenvalue weighted by Crippen LogP contribution is -2.44. The Bertz CT molecular complexity index is 566. The lowest BCUT2D eigenvalue weighted by molar-refractivity contribution is 0.367. The molecule has 114 valence electrons. The normalized spacial score (nSPS) is 21.6. The molecule has 1 aliphatic heterocycles. The summed E-state index contributed by atoms with van der Waals surface area (Å²) in [7, 11) is -3.41. The van der Waals surface area contributed by atoms with Crippen LogP contribution in [0.15, 0.2) is 17.2 Å². The molecule has 1 saturated heterocycles. The summed E-state index contributed by atoms with van der Waals surface area (Å²) in [5, 5.41) is 0. The molecule has 5 nitrogen and oxygen atoms in total. The van der Waals surface area contributed by atoms with Crippen LogP contribution in [0.5, 0.6) is 0 Å². The summed E-state index contributed by atoms with van der Waals surface area (Å²) in [6.45, 7) is 6.94. The van der Waals surface area contributed by atoms with E-state index in [1.807, 2.05) is 25.3 Å². The van der Waals surface area contributed by atoms with E-state index in [-0.39, 0.29) is 12.1 Å². The second kappa shape index (κ2) is 6.09. The van der Waals surface area contributed by atoms with E-state index >= 15 is 0 Å². The molecule has 1 aromatic heterocycles. The molecule has 0 aliphatic carbocycles. The van der Waals surface area contributed by atoms with Crippen LogP contribution < -0.4 is 5.73 Å². The molecular formula is C13H23N3O2S2. The van der Waals surface area contributed by atoms with Gasteiger partial charge >= 0.3 is 0 Å². The van der Waals surface area contributed by atoms with Crippen molar-refractivity contribution in [3.63, 3.8) is 0 Å². The molecule has 20 heavy (non-hydrogen) atoms. The first-order valence-electron chi connectivity index (χ1n) is 6.88. The highest BCUT2D eigenvalue weighted by Gasteiger charge is 2.32. The predicted octanol–water partition coefficient (Wildman–Crippen LogP) is 1.65. The fourth-order valence-corrected chi connectivity index (χ4v) is 5.39. The lowest BCUT2D eigenvalue weighted by atomic mass is 10.3. The second-order valence-corrected chi connectivity index (χ2v) is 8.45. The predicted molar refractivity (Wildman–Crippen MR) is 83.4 cm³/mol. The summed E-state index contributed by atoms with van der Waals surface area (Å²) < 4.78 is 29.1. The van der Waals surface area contributed by atoms with E-state index in [0.717, 1.165) is 17.2 Å². The molecule has 0 amide bonds. The van der Waals surface area contributed by atoms with E-state index in [4.69, 9.17) is 5.73 Å². The molecule has 0 spiro atoms. The maximum Gasteiger partial charge on any atom is 0.244 e. The number of nitrogens with zero attached hydrogens (tertiary/aromatic N) is 2. The zero-order chi connectivity index (χ0) is 14.9. The Kier molecular flexibility index (Phi) is 4.84. The quantitative estimate of drug-likeness (QED) is 0.917. The largest absolute Gasteiger partial charge is 0.346 e. The van der Waals surface area contributed by atoms with Crippen LogP contribution >= 0.6 is 11.8 Å². The van der Waals surface area contributed by atoms with E-state index in [0.29, 0.717) is 18.0 Å². The second-order valence-electron chi connectivity index (χ2n) is 5.41. The molecular weight excluding hydrogens is 294 g/mol. The number of thioether (sulfide) groups is 1. The van der Waals surface area contributed by atoms with E-state index < -0.39 is 10.0 Å². The van der Waals surface area contributed by atoms with Crippen molar-refractivity contribution in [2.75, 3.05) is 18.1 Å². The van der Waals surface area contributed by atoms with Crippen molar-refractivity contribution in [3.8, 4) is 0 Å². The van der Waals surface area contributed by atoms with Gasteiger partial charge in [0.15, 0.2) is 0 Å². The van der Waals surface area contributed by atoms with E-state index in [1.165, 1.54) is 0 Å². The maximum atomic E-state index is 12.8. The lowest BCUT2D eigenvalue weighted by Gasteiger charge is -2.31. The zero-order valence-electron chi connectivity index (χ0n) is 12.2. The van der Waals surface area contributed by atoms with Gasteiger partial charge < -0.3 is 10.3 Å². The van der Waals surface area contributed by atoms with Gasteiger partial charge in [0.05, 0.1) is 0 Å². The van der Waals surface area contributed by atoms with Crippen molar-refractivity contribution >= 4 is 21.8 Å². The van der Waals surface area contributed by atoms with Gasteiger partial charge in [0.2, 0.25) is 10.0 Å². The minimum atomic E-state index is -3.41. The van der Waals surface area contributed by atoms with Crippen LogP contribution in [0.1, 0.15) is 32.5 Å². The van der Waals surface area contributed by atoms with Crippen LogP contribution in [0, 0.1) is 0 Å². The number of hydrogen-bond acceptors (Lipinski definition) is 4. The van der Waals surface area contributed by atoms with Crippen molar-refractivity contribution in [2.45, 2.75) is 44.3 Å². The van der Waals surface area contributed by atoms with E-state index in [2.05, 4.69) is 0 Å². The standard InChI is InChI=1S/C13H23N3O2S2/c1-10(2)15-8-13(6-12(15)7-14)20(17,18)16-4-5-19-9-11(16)3/h6,8,10-11H,4-5,7,9,14H2,1-3H3. The zero-order valence-corrected chi connectivity index (χ0v) is 13.9. The van der Waals surface area contributed by atoms with Gasteiger partial charge in [0.25, 0.3) is 0 Å². The highest BCUT2D eigenvalue weighted by molar-refractivity contribution is 7.99. The van der Waals surface area contributed by atoms with Crippen molar-refractivity contribution < 1.29 is 8.42 Å². The summed E-state index contributed by atoms with van der Waals surface area (Å²) in [5.41, 5.74) is 6.58. The van der Waals surface area contributed by atoms with Gasteiger partial charge in [0, 0.05) is 48.6 Å². The summed E-state index contributed by atoms with van der Waals surface area (Å²) in [5.74, 6) is 1.71. The first-order chi connectivity index (χ1) is 9.37. The van der Waals surface area contributed by atoms with Crippen molar-refractivity contribution in [1.82, 2.24) is 8.87 Å². The van der Waals surface area contributed by atoms with Gasteiger partial charge in [-0.05, 0) is 26.8 Å². The molecule has 0 bridgehead atoms. The third-order valence-electron chi connectivity index (χ3n) is 3.59.